The van der Waals surface area contributed by atoms with Gasteiger partial charge in [0.25, 0.3) is 0 Å². The maximum absolute atomic E-state index is 11.4. The summed E-state index contributed by atoms with van der Waals surface area (Å²) in [4.78, 5) is 11.4. The first-order chi connectivity index (χ1) is 6.65. The van der Waals surface area contributed by atoms with E-state index >= 15 is 0 Å². The van der Waals surface area contributed by atoms with Crippen molar-refractivity contribution in [3.05, 3.63) is 0 Å². The number of cyclic esters (lactones) is 1. The largest absolute Gasteiger partial charge is 0.465 e. The van der Waals surface area contributed by atoms with Crippen LogP contribution in [0.4, 0.5) is 0 Å². The van der Waals surface area contributed by atoms with Crippen molar-refractivity contribution in [1.29, 1.82) is 0 Å². The summed E-state index contributed by atoms with van der Waals surface area (Å²) in [6.07, 6.45) is 4.36. The van der Waals surface area contributed by atoms with Crippen LogP contribution in [0.5, 0.6) is 0 Å². The maximum atomic E-state index is 11.4. The topological polar surface area (TPSA) is 26.3 Å². The molecule has 0 aliphatic carbocycles. The summed E-state index contributed by atoms with van der Waals surface area (Å²) in [5.74, 6) is 1.42. The van der Waals surface area contributed by atoms with Gasteiger partial charge in [0.2, 0.25) is 0 Å². The molecule has 1 fully saturated rings. The first-order valence-corrected chi connectivity index (χ1v) is 5.81. The number of hydrogen-bond acceptors (Lipinski definition) is 2. The fraction of sp³-hybridized carbons (Fsp3) is 0.917. The molecule has 2 atom stereocenters. The minimum absolute atomic E-state index is 0.0374. The summed E-state index contributed by atoms with van der Waals surface area (Å²) in [5, 5.41) is 0. The molecule has 0 bridgehead atoms. The Labute approximate surface area is 87.0 Å². The van der Waals surface area contributed by atoms with Crippen molar-refractivity contribution < 1.29 is 9.53 Å². The molecule has 0 aromatic heterocycles. The van der Waals surface area contributed by atoms with E-state index in [-0.39, 0.29) is 11.9 Å². The number of rotatable bonds is 4. The number of ether oxygens (including phenoxy) is 1. The summed E-state index contributed by atoms with van der Waals surface area (Å²) in [7, 11) is 0. The highest BCUT2D eigenvalue weighted by Gasteiger charge is 2.31. The first kappa shape index (κ1) is 11.5. The Morgan fingerprint density at radius 1 is 1.50 bits per heavy atom. The molecule has 0 amide bonds. The van der Waals surface area contributed by atoms with Crippen molar-refractivity contribution in [2.24, 2.45) is 17.8 Å². The highest BCUT2D eigenvalue weighted by atomic mass is 16.5. The number of hydrogen-bond donors (Lipinski definition) is 0. The predicted molar refractivity (Wildman–Crippen MR) is 56.9 cm³/mol. The molecule has 14 heavy (non-hydrogen) atoms. The molecule has 0 radical (unpaired) electrons. The van der Waals surface area contributed by atoms with Crippen LogP contribution in [0.15, 0.2) is 0 Å². The Morgan fingerprint density at radius 3 is 2.79 bits per heavy atom. The Morgan fingerprint density at radius 2 is 2.21 bits per heavy atom. The fourth-order valence-corrected chi connectivity index (χ4v) is 1.99. The van der Waals surface area contributed by atoms with Crippen molar-refractivity contribution in [2.45, 2.75) is 46.5 Å². The molecule has 0 saturated carbocycles. The van der Waals surface area contributed by atoms with Gasteiger partial charge in [-0.05, 0) is 24.7 Å². The van der Waals surface area contributed by atoms with Crippen LogP contribution in [-0.2, 0) is 9.53 Å². The van der Waals surface area contributed by atoms with Gasteiger partial charge in [-0.15, -0.1) is 0 Å². The van der Waals surface area contributed by atoms with E-state index in [2.05, 4.69) is 20.8 Å². The van der Waals surface area contributed by atoms with Gasteiger partial charge in [0.15, 0.2) is 0 Å². The second-order valence-corrected chi connectivity index (χ2v) is 4.71. The molecule has 2 nitrogen and oxygen atoms in total. The number of carbonyl (C=O) groups is 1. The van der Waals surface area contributed by atoms with Crippen LogP contribution in [0.3, 0.4) is 0 Å². The summed E-state index contributed by atoms with van der Waals surface area (Å²) in [6.45, 7) is 7.22. The zero-order chi connectivity index (χ0) is 10.6. The quantitative estimate of drug-likeness (QED) is 0.649. The molecule has 1 aliphatic heterocycles. The average Bonchev–Trinajstić information content (AvgIpc) is 2.16. The lowest BCUT2D eigenvalue weighted by molar-refractivity contribution is -0.157. The molecule has 1 saturated heterocycles. The number of unbranched alkanes of at least 4 members (excludes halogenated alkanes) is 1. The Balaban J connectivity index is 2.42. The van der Waals surface area contributed by atoms with E-state index < -0.39 is 0 Å². The number of carbonyl (C=O) groups excluding carboxylic acids is 1. The maximum Gasteiger partial charge on any atom is 0.308 e. The fourth-order valence-electron chi connectivity index (χ4n) is 1.99. The highest BCUT2D eigenvalue weighted by molar-refractivity contribution is 5.73. The smallest absolute Gasteiger partial charge is 0.308 e. The summed E-state index contributed by atoms with van der Waals surface area (Å²) < 4.78 is 5.22. The molecule has 0 aromatic rings. The molecular weight excluding hydrogens is 176 g/mol. The average molecular weight is 198 g/mol. The van der Waals surface area contributed by atoms with Crippen molar-refractivity contribution >= 4 is 5.97 Å². The number of esters is 1. The first-order valence-electron chi connectivity index (χ1n) is 5.81. The molecule has 2 heteroatoms. The lowest BCUT2D eigenvalue weighted by Crippen LogP contribution is -2.32. The van der Waals surface area contributed by atoms with Crippen LogP contribution >= 0.6 is 0 Å². The predicted octanol–water partition coefficient (Wildman–Crippen LogP) is 3.01. The summed E-state index contributed by atoms with van der Waals surface area (Å²) in [6, 6.07) is 0. The van der Waals surface area contributed by atoms with E-state index in [1.807, 2.05) is 0 Å². The molecule has 1 heterocycles. The van der Waals surface area contributed by atoms with Gasteiger partial charge in [-0.3, -0.25) is 4.79 Å². The summed E-state index contributed by atoms with van der Waals surface area (Å²) >= 11 is 0. The van der Waals surface area contributed by atoms with Crippen LogP contribution in [0, 0.1) is 17.8 Å². The SMILES string of the molecule is CCCC[C@@H]1C[C@@H](C(C)C)COC1=O. The molecule has 0 aromatic carbocycles. The van der Waals surface area contributed by atoms with Gasteiger partial charge in [0.1, 0.15) is 0 Å². The van der Waals surface area contributed by atoms with Gasteiger partial charge < -0.3 is 4.74 Å². The van der Waals surface area contributed by atoms with Crippen LogP contribution < -0.4 is 0 Å². The van der Waals surface area contributed by atoms with E-state index in [0.29, 0.717) is 18.4 Å². The van der Waals surface area contributed by atoms with Gasteiger partial charge in [-0.25, -0.2) is 0 Å². The minimum Gasteiger partial charge on any atom is -0.465 e. The lowest BCUT2D eigenvalue weighted by atomic mass is 9.83. The van der Waals surface area contributed by atoms with Crippen molar-refractivity contribution in [3.63, 3.8) is 0 Å². The lowest BCUT2D eigenvalue weighted by Gasteiger charge is -2.30. The molecular formula is C12H22O2. The Bertz CT molecular complexity index is 187. The van der Waals surface area contributed by atoms with Crippen LogP contribution in [0.1, 0.15) is 46.5 Å². The normalized spacial score (nSPS) is 27.9. The third kappa shape index (κ3) is 3.00. The van der Waals surface area contributed by atoms with Crippen molar-refractivity contribution in [1.82, 2.24) is 0 Å². The molecule has 0 spiro atoms. The second-order valence-electron chi connectivity index (χ2n) is 4.71. The van der Waals surface area contributed by atoms with E-state index in [0.717, 1.165) is 25.7 Å². The Kier molecular flexibility index (Phi) is 4.43. The van der Waals surface area contributed by atoms with E-state index in [4.69, 9.17) is 4.74 Å². The standard InChI is InChI=1S/C12H22O2/c1-4-5-6-10-7-11(9(2)3)8-14-12(10)13/h9-11H,4-8H2,1-3H3/t10-,11-/m1/s1. The van der Waals surface area contributed by atoms with Gasteiger partial charge in [0, 0.05) is 0 Å². The van der Waals surface area contributed by atoms with E-state index in [1.165, 1.54) is 0 Å². The van der Waals surface area contributed by atoms with Crippen LogP contribution in [0.25, 0.3) is 0 Å². The van der Waals surface area contributed by atoms with E-state index in [9.17, 15) is 4.79 Å². The molecule has 0 N–H and O–H groups in total. The third-order valence-electron chi connectivity index (χ3n) is 3.21. The molecule has 82 valence electrons. The molecule has 0 unspecified atom stereocenters. The Hall–Kier alpha value is -0.530. The van der Waals surface area contributed by atoms with Gasteiger partial charge in [-0.1, -0.05) is 33.6 Å². The monoisotopic (exact) mass is 198 g/mol. The van der Waals surface area contributed by atoms with E-state index in [1.54, 1.807) is 0 Å². The molecule has 1 rings (SSSR count). The highest BCUT2D eigenvalue weighted by Crippen LogP contribution is 2.29. The van der Waals surface area contributed by atoms with Crippen molar-refractivity contribution in [2.75, 3.05) is 6.61 Å². The van der Waals surface area contributed by atoms with Crippen LogP contribution in [-0.4, -0.2) is 12.6 Å². The van der Waals surface area contributed by atoms with Crippen LogP contribution in [0.2, 0.25) is 0 Å². The van der Waals surface area contributed by atoms with Gasteiger partial charge >= 0.3 is 5.97 Å². The zero-order valence-corrected chi connectivity index (χ0v) is 9.58. The van der Waals surface area contributed by atoms with Gasteiger partial charge in [-0.2, -0.15) is 0 Å². The van der Waals surface area contributed by atoms with Gasteiger partial charge in [0.05, 0.1) is 12.5 Å². The second kappa shape index (κ2) is 5.38. The third-order valence-corrected chi connectivity index (χ3v) is 3.21. The molecule has 1 aliphatic rings. The minimum atomic E-state index is 0.0374. The zero-order valence-electron chi connectivity index (χ0n) is 9.58. The van der Waals surface area contributed by atoms with Crippen molar-refractivity contribution in [3.8, 4) is 0 Å². The summed E-state index contributed by atoms with van der Waals surface area (Å²) in [5.41, 5.74) is 0.